The first-order valence-electron chi connectivity index (χ1n) is 4.92. The second kappa shape index (κ2) is 3.46. The molecule has 0 bridgehead atoms. The highest BCUT2D eigenvalue weighted by molar-refractivity contribution is 5.81. The van der Waals surface area contributed by atoms with Crippen LogP contribution in [0, 0.1) is 11.3 Å². The Morgan fingerprint density at radius 3 is 3.06 bits per heavy atom. The molecular weight excluding hydrogens is 236 g/mol. The van der Waals surface area contributed by atoms with E-state index >= 15 is 0 Å². The smallest absolute Gasteiger partial charge is 0.408 e. The zero-order valence-electron chi connectivity index (χ0n) is 8.91. The molecule has 88 valence electrons. The number of nitrogens with zero attached hydrogens (tertiary/aromatic N) is 4. The molecule has 0 radical (unpaired) electrons. The molecule has 2 heterocycles. The Balaban J connectivity index is 2.25. The molecule has 0 spiro atoms. The molecule has 0 unspecified atom stereocenters. The summed E-state index contributed by atoms with van der Waals surface area (Å²) in [5, 5.41) is 12.6. The van der Waals surface area contributed by atoms with Gasteiger partial charge in [-0.15, -0.1) is 5.10 Å². The average Bonchev–Trinajstić information content (AvgIpc) is 2.92. The van der Waals surface area contributed by atoms with Crippen LogP contribution in [0.3, 0.4) is 0 Å². The van der Waals surface area contributed by atoms with Crippen LogP contribution in [0.5, 0.6) is 0 Å². The summed E-state index contributed by atoms with van der Waals surface area (Å²) in [4.78, 5) is 17.3. The lowest BCUT2D eigenvalue weighted by Crippen LogP contribution is -2.00. The van der Waals surface area contributed by atoms with E-state index < -0.39 is 5.76 Å². The van der Waals surface area contributed by atoms with E-state index in [0.717, 1.165) is 0 Å². The molecule has 0 aliphatic rings. The Labute approximate surface area is 99.3 Å². The van der Waals surface area contributed by atoms with Gasteiger partial charge in [-0.3, -0.25) is 4.98 Å². The molecule has 3 aromatic rings. The lowest BCUT2D eigenvalue weighted by molar-refractivity contribution is 0.555. The van der Waals surface area contributed by atoms with Gasteiger partial charge in [-0.2, -0.15) is 5.26 Å². The fourth-order valence-electron chi connectivity index (χ4n) is 1.63. The van der Waals surface area contributed by atoms with Crippen molar-refractivity contribution in [2.75, 3.05) is 5.73 Å². The number of benzene rings is 1. The molecule has 1 aromatic carbocycles. The monoisotopic (exact) mass is 242 g/mol. The quantitative estimate of drug-likeness (QED) is 0.585. The number of hydrogen-bond acceptors (Lipinski definition) is 6. The number of H-pyrrole nitrogens is 1. The summed E-state index contributed by atoms with van der Waals surface area (Å²) in [5.41, 5.74) is 7.56. The number of fused-ring (bicyclic) bond motifs is 1. The van der Waals surface area contributed by atoms with Gasteiger partial charge in [-0.25, -0.2) is 14.5 Å². The van der Waals surface area contributed by atoms with E-state index in [0.29, 0.717) is 22.5 Å². The summed E-state index contributed by atoms with van der Waals surface area (Å²) < 4.78 is 6.24. The maximum atomic E-state index is 11.1. The summed E-state index contributed by atoms with van der Waals surface area (Å²) >= 11 is 0. The molecule has 0 fully saturated rings. The van der Waals surface area contributed by atoms with Crippen molar-refractivity contribution in [2.45, 2.75) is 0 Å². The second-order valence-corrected chi connectivity index (χ2v) is 3.55. The molecule has 0 atom stereocenters. The van der Waals surface area contributed by atoms with Gasteiger partial charge in [0.25, 0.3) is 5.82 Å². The predicted octanol–water partition coefficient (Wildman–Crippen LogP) is 0.156. The Morgan fingerprint density at radius 2 is 2.33 bits per heavy atom. The molecule has 8 nitrogen and oxygen atoms in total. The van der Waals surface area contributed by atoms with Gasteiger partial charge in [-0.05, 0) is 6.07 Å². The van der Waals surface area contributed by atoms with Crippen LogP contribution in [0.2, 0.25) is 0 Å². The molecule has 0 aliphatic carbocycles. The lowest BCUT2D eigenvalue weighted by atomic mass is 10.2. The molecule has 2 aromatic heterocycles. The Bertz CT molecular complexity index is 834. The van der Waals surface area contributed by atoms with Gasteiger partial charge in [0.15, 0.2) is 5.58 Å². The van der Waals surface area contributed by atoms with E-state index in [4.69, 9.17) is 15.4 Å². The van der Waals surface area contributed by atoms with Crippen LogP contribution < -0.4 is 11.5 Å². The van der Waals surface area contributed by atoms with Gasteiger partial charge >= 0.3 is 5.76 Å². The number of rotatable bonds is 1. The van der Waals surface area contributed by atoms with Crippen LogP contribution in [0.25, 0.3) is 16.8 Å². The Morgan fingerprint density at radius 1 is 1.50 bits per heavy atom. The topological polar surface area (TPSA) is 127 Å². The first kappa shape index (κ1) is 10.1. The minimum absolute atomic E-state index is 0.0372. The largest absolute Gasteiger partial charge is 0.417 e. The number of aromatic nitrogens is 4. The molecule has 0 amide bonds. The number of hydrogen-bond donors (Lipinski definition) is 2. The molecule has 18 heavy (non-hydrogen) atoms. The van der Waals surface area contributed by atoms with E-state index in [-0.39, 0.29) is 5.82 Å². The summed E-state index contributed by atoms with van der Waals surface area (Å²) in [7, 11) is 0. The first-order valence-corrected chi connectivity index (χ1v) is 4.92. The van der Waals surface area contributed by atoms with Crippen molar-refractivity contribution in [2.24, 2.45) is 0 Å². The molecule has 0 saturated carbocycles. The summed E-state index contributed by atoms with van der Waals surface area (Å²) in [6.07, 6.45) is 1.37. The number of nitrogens with one attached hydrogen (secondary N) is 1. The zero-order valence-corrected chi connectivity index (χ0v) is 8.91. The third-order valence-corrected chi connectivity index (χ3v) is 2.41. The maximum Gasteiger partial charge on any atom is 0.417 e. The molecule has 3 rings (SSSR count). The second-order valence-electron chi connectivity index (χ2n) is 3.55. The van der Waals surface area contributed by atoms with Crippen LogP contribution in [0.4, 0.5) is 5.69 Å². The highest BCUT2D eigenvalue weighted by Crippen LogP contribution is 2.22. The average molecular weight is 242 g/mol. The van der Waals surface area contributed by atoms with Crippen molar-refractivity contribution in [3.05, 3.63) is 34.8 Å². The molecule has 0 aliphatic heterocycles. The lowest BCUT2D eigenvalue weighted by Gasteiger charge is -2.03. The molecular formula is C10H6N6O2. The number of oxazole rings is 1. The summed E-state index contributed by atoms with van der Waals surface area (Å²) in [5.74, 6) is -0.520. The van der Waals surface area contributed by atoms with Gasteiger partial charge in [0.2, 0.25) is 0 Å². The summed E-state index contributed by atoms with van der Waals surface area (Å²) in [6.45, 7) is 0. The maximum absolute atomic E-state index is 11.1. The molecule has 3 N–H and O–H groups in total. The van der Waals surface area contributed by atoms with E-state index in [2.05, 4.69) is 15.1 Å². The third-order valence-electron chi connectivity index (χ3n) is 2.41. The van der Waals surface area contributed by atoms with E-state index in [9.17, 15) is 4.79 Å². The number of nitrogens with two attached hydrogens (primary N) is 1. The highest BCUT2D eigenvalue weighted by atomic mass is 16.4. The highest BCUT2D eigenvalue weighted by Gasteiger charge is 2.10. The molecule has 8 heteroatoms. The first-order chi connectivity index (χ1) is 8.67. The van der Waals surface area contributed by atoms with Crippen molar-refractivity contribution in [1.82, 2.24) is 19.7 Å². The van der Waals surface area contributed by atoms with E-state index in [1.54, 1.807) is 6.07 Å². The number of nitriles is 1. The van der Waals surface area contributed by atoms with Crippen molar-refractivity contribution in [3.63, 3.8) is 0 Å². The van der Waals surface area contributed by atoms with Crippen molar-refractivity contribution in [3.8, 4) is 11.8 Å². The summed E-state index contributed by atoms with van der Waals surface area (Å²) in [6, 6.07) is 4.93. The minimum Gasteiger partial charge on any atom is -0.408 e. The van der Waals surface area contributed by atoms with Gasteiger partial charge < -0.3 is 10.2 Å². The van der Waals surface area contributed by atoms with Crippen LogP contribution in [-0.2, 0) is 0 Å². The van der Waals surface area contributed by atoms with Crippen molar-refractivity contribution >= 4 is 16.8 Å². The van der Waals surface area contributed by atoms with Gasteiger partial charge in [0.1, 0.15) is 12.4 Å². The van der Waals surface area contributed by atoms with Gasteiger partial charge in [0.05, 0.1) is 16.9 Å². The van der Waals surface area contributed by atoms with Crippen LogP contribution in [0.15, 0.2) is 27.7 Å². The zero-order chi connectivity index (χ0) is 12.7. The number of nitrogen functional groups attached to an aromatic ring is 1. The van der Waals surface area contributed by atoms with Gasteiger partial charge in [-0.1, -0.05) is 0 Å². The number of aromatic amines is 1. The number of anilines is 1. The van der Waals surface area contributed by atoms with Crippen LogP contribution in [0.1, 0.15) is 5.82 Å². The fraction of sp³-hybridized carbons (Fsp3) is 0. The van der Waals surface area contributed by atoms with Crippen LogP contribution in [-0.4, -0.2) is 19.7 Å². The molecule has 0 saturated heterocycles. The Kier molecular flexibility index (Phi) is 1.94. The van der Waals surface area contributed by atoms with Crippen molar-refractivity contribution in [1.29, 1.82) is 5.26 Å². The standard InChI is InChI=1S/C10H6N6O2/c11-3-9-13-4-16(15-9)7-2-6-8(1-5(7)12)18-10(17)14-6/h1-2,4H,12H2,(H,14,17). The minimum atomic E-state index is -0.558. The van der Waals surface area contributed by atoms with E-state index in [1.807, 2.05) is 6.07 Å². The Hall–Kier alpha value is -3.08. The SMILES string of the molecule is N#Cc1ncn(-c2cc3[nH]c(=O)oc3cc2N)n1. The van der Waals surface area contributed by atoms with E-state index in [1.165, 1.54) is 17.1 Å². The van der Waals surface area contributed by atoms with Crippen LogP contribution >= 0.6 is 0 Å². The van der Waals surface area contributed by atoms with Crippen molar-refractivity contribution < 1.29 is 4.42 Å². The fourth-order valence-corrected chi connectivity index (χ4v) is 1.63. The normalized spacial score (nSPS) is 10.6. The van der Waals surface area contributed by atoms with Gasteiger partial charge in [0, 0.05) is 6.07 Å². The third kappa shape index (κ3) is 1.42. The predicted molar refractivity (Wildman–Crippen MR) is 60.9 cm³/mol.